The fraction of sp³-hybridized carbons (Fsp3) is 0.368. The van der Waals surface area contributed by atoms with E-state index in [9.17, 15) is 9.59 Å². The minimum absolute atomic E-state index is 0.0268. The number of benzene rings is 1. The zero-order valence-corrected chi connectivity index (χ0v) is 16.0. The monoisotopic (exact) mass is 402 g/mol. The average Bonchev–Trinajstić information content (AvgIpc) is 3.33. The number of amides is 1. The number of hydrogen-bond donors (Lipinski definition) is 1. The van der Waals surface area contributed by atoms with Crippen LogP contribution in [0, 0.1) is 6.92 Å². The van der Waals surface area contributed by atoms with Crippen molar-refractivity contribution in [1.82, 2.24) is 20.3 Å². The maximum Gasteiger partial charge on any atom is 0.297 e. The van der Waals surface area contributed by atoms with Crippen molar-refractivity contribution in [2.24, 2.45) is 0 Å². The molecule has 2 aromatic heterocycles. The van der Waals surface area contributed by atoms with Gasteiger partial charge in [-0.25, -0.2) is 4.68 Å². The van der Waals surface area contributed by atoms with E-state index < -0.39 is 5.56 Å². The first kappa shape index (κ1) is 18.6. The topological polar surface area (TPSA) is 99.2 Å². The lowest BCUT2D eigenvalue weighted by atomic mass is 10.1. The molecule has 146 valence electrons. The Hall–Kier alpha value is -2.71. The molecule has 0 radical (unpaired) electrons. The normalized spacial score (nSPS) is 16.6. The van der Waals surface area contributed by atoms with Gasteiger partial charge in [-0.1, -0.05) is 28.9 Å². The third kappa shape index (κ3) is 3.65. The van der Waals surface area contributed by atoms with Gasteiger partial charge in [-0.05, 0) is 31.9 Å². The maximum atomic E-state index is 12.7. The van der Waals surface area contributed by atoms with Crippen molar-refractivity contribution in [3.8, 4) is 11.3 Å². The van der Waals surface area contributed by atoms with Crippen LogP contribution in [-0.4, -0.2) is 40.1 Å². The van der Waals surface area contributed by atoms with Crippen molar-refractivity contribution in [1.29, 1.82) is 0 Å². The Morgan fingerprint density at radius 2 is 2.14 bits per heavy atom. The second-order valence-corrected chi connectivity index (χ2v) is 7.16. The number of nitrogens with zero attached hydrogens (tertiary/aromatic N) is 3. The maximum absolute atomic E-state index is 12.7. The zero-order valence-electron chi connectivity index (χ0n) is 15.3. The molecule has 0 aliphatic carbocycles. The van der Waals surface area contributed by atoms with E-state index in [2.05, 4.69) is 15.6 Å². The Bertz CT molecular complexity index is 1070. The quantitative estimate of drug-likeness (QED) is 0.703. The number of ether oxygens (including phenoxy) is 1. The van der Waals surface area contributed by atoms with Crippen LogP contribution in [-0.2, 0) is 16.1 Å². The van der Waals surface area contributed by atoms with Crippen LogP contribution in [0.5, 0.6) is 0 Å². The fourth-order valence-corrected chi connectivity index (χ4v) is 3.40. The molecule has 8 nitrogen and oxygen atoms in total. The Morgan fingerprint density at radius 1 is 1.36 bits per heavy atom. The molecule has 28 heavy (non-hydrogen) atoms. The van der Waals surface area contributed by atoms with E-state index in [1.165, 1.54) is 0 Å². The molecule has 1 aromatic carbocycles. The molecule has 4 rings (SSSR count). The highest BCUT2D eigenvalue weighted by Crippen LogP contribution is 2.28. The summed E-state index contributed by atoms with van der Waals surface area (Å²) in [5.74, 6) is 0.172. The summed E-state index contributed by atoms with van der Waals surface area (Å²) in [5.41, 5.74) is 0.923. The smallest absolute Gasteiger partial charge is 0.297 e. The summed E-state index contributed by atoms with van der Waals surface area (Å²) in [4.78, 5) is 25.1. The van der Waals surface area contributed by atoms with Crippen LogP contribution in [0.15, 0.2) is 33.6 Å². The zero-order chi connectivity index (χ0) is 19.7. The minimum Gasteiger partial charge on any atom is -0.376 e. The van der Waals surface area contributed by atoms with Gasteiger partial charge in [-0.3, -0.25) is 9.59 Å². The van der Waals surface area contributed by atoms with Gasteiger partial charge in [0.2, 0.25) is 5.91 Å². The van der Waals surface area contributed by atoms with Gasteiger partial charge in [0.15, 0.2) is 5.52 Å². The van der Waals surface area contributed by atoms with Crippen LogP contribution in [0.3, 0.4) is 0 Å². The highest BCUT2D eigenvalue weighted by molar-refractivity contribution is 6.30. The molecule has 1 amide bonds. The number of carbonyl (C=O) groups is 1. The van der Waals surface area contributed by atoms with Crippen molar-refractivity contribution in [2.45, 2.75) is 32.4 Å². The van der Waals surface area contributed by atoms with Crippen molar-refractivity contribution in [2.75, 3.05) is 13.2 Å². The third-order valence-electron chi connectivity index (χ3n) is 4.72. The molecule has 1 aliphatic heterocycles. The van der Waals surface area contributed by atoms with E-state index in [0.717, 1.165) is 23.1 Å². The van der Waals surface area contributed by atoms with Crippen LogP contribution in [0.2, 0.25) is 5.02 Å². The van der Waals surface area contributed by atoms with Crippen LogP contribution in [0.4, 0.5) is 0 Å². The summed E-state index contributed by atoms with van der Waals surface area (Å²) in [5, 5.41) is 12.2. The van der Waals surface area contributed by atoms with E-state index in [0.29, 0.717) is 35.0 Å². The summed E-state index contributed by atoms with van der Waals surface area (Å²) in [7, 11) is 0. The summed E-state index contributed by atoms with van der Waals surface area (Å²) < 4.78 is 11.8. The molecule has 3 heterocycles. The Labute approximate surface area is 165 Å². The third-order valence-corrected chi connectivity index (χ3v) is 4.97. The van der Waals surface area contributed by atoms with Gasteiger partial charge in [0.05, 0.1) is 11.5 Å². The Balaban J connectivity index is 1.66. The van der Waals surface area contributed by atoms with E-state index >= 15 is 0 Å². The molecule has 1 fully saturated rings. The summed E-state index contributed by atoms with van der Waals surface area (Å²) >= 11 is 5.97. The first-order valence-corrected chi connectivity index (χ1v) is 9.42. The van der Waals surface area contributed by atoms with Crippen molar-refractivity contribution < 1.29 is 14.1 Å². The molecule has 3 aromatic rings. The van der Waals surface area contributed by atoms with Gasteiger partial charge < -0.3 is 14.6 Å². The minimum atomic E-state index is -0.475. The van der Waals surface area contributed by atoms with Crippen molar-refractivity contribution in [3.63, 3.8) is 0 Å². The van der Waals surface area contributed by atoms with Gasteiger partial charge in [-0.15, -0.1) is 0 Å². The molecule has 9 heteroatoms. The number of halogens is 1. The standard InChI is InChI=1S/C19H19ClN4O4/c1-11-16-17(12-4-6-13(20)7-5-12)22-24(19(26)18(16)23-28-11)10-15(25)21-9-14-3-2-8-27-14/h4-7,14H,2-3,8-10H2,1H3,(H,21,25)/t14-/m1/s1. The molecule has 0 bridgehead atoms. The van der Waals surface area contributed by atoms with E-state index in [-0.39, 0.29) is 24.1 Å². The molecular formula is C19H19ClN4O4. The van der Waals surface area contributed by atoms with E-state index in [1.807, 2.05) is 0 Å². The van der Waals surface area contributed by atoms with Gasteiger partial charge in [-0.2, -0.15) is 5.10 Å². The molecule has 1 aliphatic rings. The van der Waals surface area contributed by atoms with Crippen LogP contribution in [0.25, 0.3) is 22.2 Å². The van der Waals surface area contributed by atoms with Crippen molar-refractivity contribution in [3.05, 3.63) is 45.4 Å². The molecular weight excluding hydrogens is 384 g/mol. The second-order valence-electron chi connectivity index (χ2n) is 6.72. The lowest BCUT2D eigenvalue weighted by Gasteiger charge is -2.12. The van der Waals surface area contributed by atoms with Gasteiger partial charge >= 0.3 is 0 Å². The van der Waals surface area contributed by atoms with Crippen LogP contribution < -0.4 is 10.9 Å². The average molecular weight is 403 g/mol. The van der Waals surface area contributed by atoms with Gasteiger partial charge in [0.1, 0.15) is 18.0 Å². The van der Waals surface area contributed by atoms with Crippen LogP contribution >= 0.6 is 11.6 Å². The molecule has 0 unspecified atom stereocenters. The van der Waals surface area contributed by atoms with Gasteiger partial charge in [0.25, 0.3) is 5.56 Å². The lowest BCUT2D eigenvalue weighted by molar-refractivity contribution is -0.122. The van der Waals surface area contributed by atoms with Gasteiger partial charge in [0, 0.05) is 23.7 Å². The Morgan fingerprint density at radius 3 is 2.86 bits per heavy atom. The predicted octanol–water partition coefficient (Wildman–Crippen LogP) is 2.31. The number of nitrogens with one attached hydrogen (secondary N) is 1. The summed E-state index contributed by atoms with van der Waals surface area (Å²) in [6.07, 6.45) is 1.94. The van der Waals surface area contributed by atoms with E-state index in [4.69, 9.17) is 20.9 Å². The SMILES string of the molecule is Cc1onc2c(=O)n(CC(=O)NC[C@H]3CCCO3)nc(-c3ccc(Cl)cc3)c12. The molecule has 0 spiro atoms. The highest BCUT2D eigenvalue weighted by Gasteiger charge is 2.21. The number of rotatable bonds is 5. The molecule has 1 N–H and O–H groups in total. The predicted molar refractivity (Wildman–Crippen MR) is 103 cm³/mol. The first-order chi connectivity index (χ1) is 13.5. The van der Waals surface area contributed by atoms with Crippen molar-refractivity contribution >= 4 is 28.4 Å². The number of aromatic nitrogens is 3. The first-order valence-electron chi connectivity index (χ1n) is 9.04. The summed E-state index contributed by atoms with van der Waals surface area (Å²) in [6.45, 7) is 2.64. The molecule has 0 saturated carbocycles. The molecule has 1 saturated heterocycles. The molecule has 1 atom stereocenters. The number of aryl methyl sites for hydroxylation is 1. The Kier molecular flexibility index (Phi) is 5.15. The fourth-order valence-electron chi connectivity index (χ4n) is 3.28. The highest BCUT2D eigenvalue weighted by atomic mass is 35.5. The summed E-state index contributed by atoms with van der Waals surface area (Å²) in [6, 6.07) is 7.06. The number of fused-ring (bicyclic) bond motifs is 1. The van der Waals surface area contributed by atoms with Crippen LogP contribution in [0.1, 0.15) is 18.6 Å². The van der Waals surface area contributed by atoms with E-state index in [1.54, 1.807) is 31.2 Å². The largest absolute Gasteiger partial charge is 0.376 e. The number of carbonyl (C=O) groups excluding carboxylic acids is 1. The lowest BCUT2D eigenvalue weighted by Crippen LogP contribution is -2.37. The second kappa shape index (κ2) is 7.73. The number of hydrogen-bond acceptors (Lipinski definition) is 6.